The van der Waals surface area contributed by atoms with E-state index in [-0.39, 0.29) is 21.4 Å². The Morgan fingerprint density at radius 1 is 1.05 bits per heavy atom. The molecule has 5 heteroatoms. The van der Waals surface area contributed by atoms with Crippen molar-refractivity contribution >= 4 is 40.6 Å². The number of carbonyl (C=O) groups excluding carboxylic acids is 1. The molecule has 0 fully saturated rings. The number of ether oxygens (including phenoxy) is 1. The van der Waals surface area contributed by atoms with E-state index >= 15 is 0 Å². The molecule has 2 aromatic carbocycles. The maximum absolute atomic E-state index is 12.5. The Bertz CT molecular complexity index is 658. The molecule has 0 saturated heterocycles. The van der Waals surface area contributed by atoms with Crippen LogP contribution >= 0.6 is 34.8 Å². The lowest BCUT2D eigenvalue weighted by molar-refractivity contribution is 0.103. The van der Waals surface area contributed by atoms with E-state index in [1.165, 1.54) is 12.1 Å². The first-order valence-electron chi connectivity index (χ1n) is 5.78. The van der Waals surface area contributed by atoms with Crippen molar-refractivity contribution in [1.29, 1.82) is 0 Å². The number of rotatable bonds is 3. The van der Waals surface area contributed by atoms with Crippen molar-refractivity contribution in [3.8, 4) is 5.75 Å². The fraction of sp³-hybridized carbons (Fsp3) is 0.133. The van der Waals surface area contributed by atoms with Gasteiger partial charge in [0, 0.05) is 10.6 Å². The molecule has 0 atom stereocenters. The second-order valence-corrected chi connectivity index (χ2v) is 5.51. The topological polar surface area (TPSA) is 26.3 Å². The highest BCUT2D eigenvalue weighted by molar-refractivity contribution is 6.43. The van der Waals surface area contributed by atoms with E-state index < -0.39 is 0 Å². The summed E-state index contributed by atoms with van der Waals surface area (Å²) in [6.45, 7) is 1.90. The monoisotopic (exact) mass is 328 g/mol. The molecular formula is C15H11Cl3O2. The summed E-state index contributed by atoms with van der Waals surface area (Å²) in [5.41, 5.74) is 1.64. The predicted molar refractivity (Wildman–Crippen MR) is 82.6 cm³/mol. The van der Waals surface area contributed by atoms with Gasteiger partial charge in [-0.2, -0.15) is 0 Å². The zero-order chi connectivity index (χ0) is 14.9. The minimum absolute atomic E-state index is 0.229. The average molecular weight is 330 g/mol. The van der Waals surface area contributed by atoms with Crippen LogP contribution in [0, 0.1) is 6.92 Å². The molecule has 2 aromatic rings. The van der Waals surface area contributed by atoms with E-state index in [0.717, 1.165) is 5.56 Å². The SMILES string of the molecule is COc1cc(C(=O)c2c(Cl)cc(Cl)cc2Cl)ccc1C. The summed E-state index contributed by atoms with van der Waals surface area (Å²) in [6, 6.07) is 8.17. The second kappa shape index (κ2) is 6.04. The van der Waals surface area contributed by atoms with Crippen molar-refractivity contribution in [2.24, 2.45) is 0 Å². The molecule has 0 saturated carbocycles. The van der Waals surface area contributed by atoms with Gasteiger partial charge in [0.2, 0.25) is 0 Å². The van der Waals surface area contributed by atoms with Crippen LogP contribution < -0.4 is 4.74 Å². The first-order chi connectivity index (χ1) is 9.43. The maximum atomic E-state index is 12.5. The van der Waals surface area contributed by atoms with E-state index in [9.17, 15) is 4.79 Å². The first kappa shape index (κ1) is 15.2. The number of carbonyl (C=O) groups is 1. The van der Waals surface area contributed by atoms with Gasteiger partial charge in [0.25, 0.3) is 0 Å². The van der Waals surface area contributed by atoms with Gasteiger partial charge in [-0.1, -0.05) is 46.9 Å². The number of benzene rings is 2. The Labute approximate surface area is 132 Å². The van der Waals surface area contributed by atoms with Crippen molar-refractivity contribution in [3.05, 3.63) is 62.1 Å². The Kier molecular flexibility index (Phi) is 4.59. The fourth-order valence-corrected chi connectivity index (χ4v) is 2.85. The normalized spacial score (nSPS) is 10.4. The van der Waals surface area contributed by atoms with Gasteiger partial charge in [-0.05, 0) is 30.7 Å². The van der Waals surface area contributed by atoms with Gasteiger partial charge in [-0.25, -0.2) is 0 Å². The largest absolute Gasteiger partial charge is 0.496 e. The Morgan fingerprint density at radius 3 is 2.20 bits per heavy atom. The minimum Gasteiger partial charge on any atom is -0.496 e. The maximum Gasteiger partial charge on any atom is 0.196 e. The molecule has 2 nitrogen and oxygen atoms in total. The molecule has 104 valence electrons. The summed E-state index contributed by atoms with van der Waals surface area (Å²) < 4.78 is 5.21. The standard InChI is InChI=1S/C15H11Cl3O2/c1-8-3-4-9(5-13(8)20-2)15(19)14-11(17)6-10(16)7-12(14)18/h3-7H,1-2H3. The van der Waals surface area contributed by atoms with E-state index in [4.69, 9.17) is 39.5 Å². The van der Waals surface area contributed by atoms with Gasteiger partial charge in [0.05, 0.1) is 22.7 Å². The quantitative estimate of drug-likeness (QED) is 0.724. The smallest absolute Gasteiger partial charge is 0.196 e. The fourth-order valence-electron chi connectivity index (χ4n) is 1.86. The van der Waals surface area contributed by atoms with Crippen LogP contribution in [0.4, 0.5) is 0 Å². The number of ketones is 1. The van der Waals surface area contributed by atoms with Crippen molar-refractivity contribution in [2.75, 3.05) is 7.11 Å². The lowest BCUT2D eigenvalue weighted by Crippen LogP contribution is -2.04. The molecule has 20 heavy (non-hydrogen) atoms. The molecule has 0 aliphatic heterocycles. The van der Waals surface area contributed by atoms with E-state index in [1.807, 2.05) is 13.0 Å². The minimum atomic E-state index is -0.269. The van der Waals surface area contributed by atoms with E-state index in [2.05, 4.69) is 0 Å². The average Bonchev–Trinajstić information content (AvgIpc) is 2.37. The van der Waals surface area contributed by atoms with Crippen molar-refractivity contribution in [3.63, 3.8) is 0 Å². The lowest BCUT2D eigenvalue weighted by atomic mass is 10.0. The van der Waals surface area contributed by atoms with Crippen molar-refractivity contribution in [2.45, 2.75) is 6.92 Å². The molecular weight excluding hydrogens is 319 g/mol. The molecule has 0 N–H and O–H groups in total. The van der Waals surface area contributed by atoms with Gasteiger partial charge in [0.15, 0.2) is 5.78 Å². The third kappa shape index (κ3) is 2.93. The Morgan fingerprint density at radius 2 is 1.65 bits per heavy atom. The predicted octanol–water partition coefficient (Wildman–Crippen LogP) is 5.19. The second-order valence-electron chi connectivity index (χ2n) is 4.26. The number of aryl methyl sites for hydroxylation is 1. The Hall–Kier alpha value is -1.22. The van der Waals surface area contributed by atoms with E-state index in [1.54, 1.807) is 19.2 Å². The van der Waals surface area contributed by atoms with Crippen molar-refractivity contribution < 1.29 is 9.53 Å². The molecule has 2 rings (SSSR count). The van der Waals surface area contributed by atoms with Crippen LogP contribution in [0.2, 0.25) is 15.1 Å². The van der Waals surface area contributed by atoms with Crippen LogP contribution in [0.3, 0.4) is 0 Å². The van der Waals surface area contributed by atoms with Crippen LogP contribution in [-0.4, -0.2) is 12.9 Å². The summed E-state index contributed by atoms with van der Waals surface area (Å²) in [5, 5.41) is 0.845. The van der Waals surface area contributed by atoms with Gasteiger partial charge < -0.3 is 4.74 Å². The number of hydrogen-bond acceptors (Lipinski definition) is 2. The third-order valence-electron chi connectivity index (χ3n) is 2.90. The zero-order valence-electron chi connectivity index (χ0n) is 10.8. The molecule has 0 unspecified atom stereocenters. The summed E-state index contributed by atoms with van der Waals surface area (Å²) in [5.74, 6) is 0.368. The molecule has 0 bridgehead atoms. The third-order valence-corrected chi connectivity index (χ3v) is 3.72. The van der Waals surface area contributed by atoms with Crippen LogP contribution in [0.15, 0.2) is 30.3 Å². The summed E-state index contributed by atoms with van der Waals surface area (Å²) in [4.78, 5) is 12.5. The molecule has 0 spiro atoms. The molecule has 0 aliphatic rings. The molecule has 0 aromatic heterocycles. The first-order valence-corrected chi connectivity index (χ1v) is 6.91. The van der Waals surface area contributed by atoms with Gasteiger partial charge >= 0.3 is 0 Å². The lowest BCUT2D eigenvalue weighted by Gasteiger charge is -2.09. The van der Waals surface area contributed by atoms with Gasteiger partial charge in [0.1, 0.15) is 5.75 Å². The zero-order valence-corrected chi connectivity index (χ0v) is 13.1. The highest BCUT2D eigenvalue weighted by Crippen LogP contribution is 2.31. The summed E-state index contributed by atoms with van der Waals surface area (Å²) >= 11 is 18.0. The Balaban J connectivity index is 2.52. The number of halogens is 3. The van der Waals surface area contributed by atoms with Gasteiger partial charge in [-0.3, -0.25) is 4.79 Å². The van der Waals surface area contributed by atoms with Crippen LogP contribution in [0.25, 0.3) is 0 Å². The number of methoxy groups -OCH3 is 1. The van der Waals surface area contributed by atoms with Crippen LogP contribution in [-0.2, 0) is 0 Å². The summed E-state index contributed by atoms with van der Waals surface area (Å²) in [7, 11) is 1.55. The van der Waals surface area contributed by atoms with Crippen LogP contribution in [0.5, 0.6) is 5.75 Å². The van der Waals surface area contributed by atoms with E-state index in [0.29, 0.717) is 16.3 Å². The highest BCUT2D eigenvalue weighted by Gasteiger charge is 2.18. The van der Waals surface area contributed by atoms with Gasteiger partial charge in [-0.15, -0.1) is 0 Å². The van der Waals surface area contributed by atoms with Crippen LogP contribution in [0.1, 0.15) is 21.5 Å². The molecule has 0 amide bonds. The molecule has 0 aliphatic carbocycles. The highest BCUT2D eigenvalue weighted by atomic mass is 35.5. The molecule has 0 heterocycles. The summed E-state index contributed by atoms with van der Waals surface area (Å²) in [6.07, 6.45) is 0. The number of hydrogen-bond donors (Lipinski definition) is 0. The van der Waals surface area contributed by atoms with Crippen molar-refractivity contribution in [1.82, 2.24) is 0 Å². The molecule has 0 radical (unpaired) electrons.